The van der Waals surface area contributed by atoms with Crippen LogP contribution in [0.5, 0.6) is 0 Å². The first-order valence-corrected chi connectivity index (χ1v) is 8.22. The van der Waals surface area contributed by atoms with Gasteiger partial charge in [0.2, 0.25) is 0 Å². The fraction of sp³-hybridized carbons (Fsp3) is 0.588. The Morgan fingerprint density at radius 1 is 1.57 bits per heavy atom. The van der Waals surface area contributed by atoms with E-state index >= 15 is 0 Å². The van der Waals surface area contributed by atoms with Crippen molar-refractivity contribution in [3.63, 3.8) is 0 Å². The molecule has 21 heavy (non-hydrogen) atoms. The summed E-state index contributed by atoms with van der Waals surface area (Å²) in [5.41, 5.74) is 0. The van der Waals surface area contributed by atoms with Crippen LogP contribution in [0.4, 0.5) is 0 Å². The lowest BCUT2D eigenvalue weighted by Crippen LogP contribution is -2.38. The molecule has 0 N–H and O–H groups in total. The van der Waals surface area contributed by atoms with Crippen molar-refractivity contribution in [1.29, 1.82) is 0 Å². The van der Waals surface area contributed by atoms with E-state index in [-0.39, 0.29) is 29.1 Å². The molecule has 0 amide bonds. The molecule has 1 aliphatic heterocycles. The van der Waals surface area contributed by atoms with E-state index in [1.54, 1.807) is 6.08 Å². The molecule has 0 saturated heterocycles. The van der Waals surface area contributed by atoms with Crippen LogP contribution in [0.3, 0.4) is 0 Å². The van der Waals surface area contributed by atoms with Crippen LogP contribution in [0.25, 0.3) is 0 Å². The molecule has 0 radical (unpaired) electrons. The van der Waals surface area contributed by atoms with Crippen molar-refractivity contribution in [2.45, 2.75) is 62.7 Å². The van der Waals surface area contributed by atoms with Gasteiger partial charge in [-0.2, -0.15) is 0 Å². The number of halogens is 1. The number of hydrogen-bond acceptors (Lipinski definition) is 3. The number of terminal acetylenes is 1. The Hall–Kier alpha value is -1.05. The number of allylic oxidation sites excluding steroid dienone is 2. The van der Waals surface area contributed by atoms with Crippen molar-refractivity contribution in [3.8, 4) is 12.3 Å². The molecule has 1 rings (SSSR count). The molecule has 0 aromatic carbocycles. The van der Waals surface area contributed by atoms with Crippen LogP contribution in [-0.2, 0) is 14.3 Å². The maximum Gasteiger partial charge on any atom is 0.303 e. The third-order valence-electron chi connectivity index (χ3n) is 3.37. The first-order chi connectivity index (χ1) is 10.1. The highest BCUT2D eigenvalue weighted by Crippen LogP contribution is 2.25. The summed E-state index contributed by atoms with van der Waals surface area (Å²) >= 11 is 3.67. The topological polar surface area (TPSA) is 35.5 Å². The van der Waals surface area contributed by atoms with Gasteiger partial charge in [-0.05, 0) is 25.3 Å². The lowest BCUT2D eigenvalue weighted by molar-refractivity contribution is -0.158. The molecule has 0 spiro atoms. The van der Waals surface area contributed by atoms with Crippen molar-refractivity contribution in [2.24, 2.45) is 0 Å². The molecule has 0 aromatic heterocycles. The summed E-state index contributed by atoms with van der Waals surface area (Å²) in [6.07, 6.45) is 15.7. The Morgan fingerprint density at radius 2 is 2.29 bits per heavy atom. The van der Waals surface area contributed by atoms with E-state index in [4.69, 9.17) is 15.9 Å². The smallest absolute Gasteiger partial charge is 0.303 e. The van der Waals surface area contributed by atoms with E-state index < -0.39 is 0 Å². The van der Waals surface area contributed by atoms with E-state index in [2.05, 4.69) is 40.9 Å². The Labute approximate surface area is 135 Å². The van der Waals surface area contributed by atoms with Gasteiger partial charge >= 0.3 is 5.97 Å². The van der Waals surface area contributed by atoms with Crippen LogP contribution in [0.1, 0.15) is 39.5 Å². The molecule has 4 atom stereocenters. The monoisotopic (exact) mass is 354 g/mol. The highest BCUT2D eigenvalue weighted by Gasteiger charge is 2.29. The second-order valence-corrected chi connectivity index (χ2v) is 6.21. The minimum Gasteiger partial charge on any atom is -0.459 e. The maximum atomic E-state index is 11.3. The number of alkyl halides is 1. The summed E-state index contributed by atoms with van der Waals surface area (Å²) in [4.78, 5) is 11.6. The Balaban J connectivity index is 2.83. The number of carbonyl (C=O) groups is 1. The van der Waals surface area contributed by atoms with Crippen molar-refractivity contribution in [3.05, 3.63) is 24.3 Å². The van der Waals surface area contributed by atoms with Crippen LogP contribution in [-0.4, -0.2) is 29.1 Å². The van der Waals surface area contributed by atoms with Gasteiger partial charge in [0.05, 0.1) is 12.2 Å². The second-order valence-electron chi connectivity index (χ2n) is 5.03. The van der Waals surface area contributed by atoms with Gasteiger partial charge in [-0.1, -0.05) is 47.0 Å². The fourth-order valence-electron chi connectivity index (χ4n) is 2.32. The minimum absolute atomic E-state index is 0.106. The van der Waals surface area contributed by atoms with E-state index in [1.807, 2.05) is 6.08 Å². The van der Waals surface area contributed by atoms with Crippen molar-refractivity contribution >= 4 is 21.9 Å². The van der Waals surface area contributed by atoms with Gasteiger partial charge in [-0.25, -0.2) is 0 Å². The van der Waals surface area contributed by atoms with Crippen LogP contribution in [0.15, 0.2) is 24.3 Å². The zero-order valence-corrected chi connectivity index (χ0v) is 14.2. The van der Waals surface area contributed by atoms with Gasteiger partial charge in [0, 0.05) is 18.2 Å². The molecule has 0 bridgehead atoms. The van der Waals surface area contributed by atoms with Gasteiger partial charge in [-0.15, -0.1) is 6.42 Å². The summed E-state index contributed by atoms with van der Waals surface area (Å²) in [5.74, 6) is 2.15. The van der Waals surface area contributed by atoms with Gasteiger partial charge < -0.3 is 9.47 Å². The Bertz CT molecular complexity index is 422. The number of ether oxygens (including phenoxy) is 2. The fourth-order valence-corrected chi connectivity index (χ4v) is 3.04. The van der Waals surface area contributed by atoms with Gasteiger partial charge in [0.25, 0.3) is 0 Å². The summed E-state index contributed by atoms with van der Waals surface area (Å²) in [6, 6.07) is 0. The van der Waals surface area contributed by atoms with E-state index in [0.29, 0.717) is 6.42 Å². The van der Waals surface area contributed by atoms with E-state index in [0.717, 1.165) is 19.3 Å². The zero-order chi connectivity index (χ0) is 15.7. The predicted molar refractivity (Wildman–Crippen MR) is 88.2 cm³/mol. The summed E-state index contributed by atoms with van der Waals surface area (Å²) < 4.78 is 11.6. The lowest BCUT2D eigenvalue weighted by Gasteiger charge is -2.32. The highest BCUT2D eigenvalue weighted by molar-refractivity contribution is 9.09. The van der Waals surface area contributed by atoms with Gasteiger partial charge in [0.1, 0.15) is 6.10 Å². The lowest BCUT2D eigenvalue weighted by atomic mass is 10.0. The molecule has 0 saturated carbocycles. The minimum atomic E-state index is -0.316. The highest BCUT2D eigenvalue weighted by atomic mass is 79.9. The van der Waals surface area contributed by atoms with Crippen LogP contribution in [0.2, 0.25) is 0 Å². The Morgan fingerprint density at radius 3 is 2.90 bits per heavy atom. The third-order valence-corrected chi connectivity index (χ3v) is 4.33. The van der Waals surface area contributed by atoms with Crippen molar-refractivity contribution in [2.75, 3.05) is 0 Å². The van der Waals surface area contributed by atoms with Crippen LogP contribution >= 0.6 is 15.9 Å². The van der Waals surface area contributed by atoms with Crippen LogP contribution < -0.4 is 0 Å². The average Bonchev–Trinajstić information content (AvgIpc) is 2.43. The average molecular weight is 355 g/mol. The molecule has 1 heterocycles. The number of carbonyl (C=O) groups excluding carboxylic acids is 1. The maximum absolute atomic E-state index is 11.3. The second kappa shape index (κ2) is 9.81. The zero-order valence-electron chi connectivity index (χ0n) is 12.6. The van der Waals surface area contributed by atoms with Gasteiger partial charge in [0.15, 0.2) is 0 Å². The molecule has 4 heteroatoms. The predicted octanol–water partition coefficient (Wildman–Crippen LogP) is 3.77. The van der Waals surface area contributed by atoms with Crippen molar-refractivity contribution in [1.82, 2.24) is 0 Å². The quantitative estimate of drug-likeness (QED) is 0.326. The number of hydrogen-bond donors (Lipinski definition) is 0. The Kier molecular flexibility index (Phi) is 8.41. The van der Waals surface area contributed by atoms with Gasteiger partial charge in [-0.3, -0.25) is 4.79 Å². The summed E-state index contributed by atoms with van der Waals surface area (Å²) in [5, 5.41) is 0. The molecular formula is C17H23BrO3. The molecule has 3 nitrogen and oxygen atoms in total. The molecule has 1 aliphatic rings. The molecule has 0 aromatic rings. The first kappa shape index (κ1) is 18.0. The molecular weight excluding hydrogens is 332 g/mol. The SMILES string of the molecule is C#C/C=C/C[C@@H](OC(C)=O)C1C/C=C\C[C@H](Br)C(CC)O1. The summed E-state index contributed by atoms with van der Waals surface area (Å²) in [6.45, 7) is 3.52. The normalized spacial score (nSPS) is 29.1. The number of esters is 1. The largest absolute Gasteiger partial charge is 0.459 e. The standard InChI is InChI=1S/C17H23BrO3/c1-4-6-7-11-16(20-13(3)19)17-12-9-8-10-14(18)15(5-2)21-17/h1,6-9,14-17H,5,10-12H2,2-3H3/b7-6+,9-8-/t14-,15?,16+,17?/m0/s1. The first-order valence-electron chi connectivity index (χ1n) is 7.31. The van der Waals surface area contributed by atoms with E-state index in [9.17, 15) is 4.79 Å². The molecule has 0 aliphatic carbocycles. The third kappa shape index (κ3) is 6.50. The molecule has 2 unspecified atom stereocenters. The van der Waals surface area contributed by atoms with Crippen LogP contribution in [0, 0.1) is 12.3 Å². The number of rotatable bonds is 5. The van der Waals surface area contributed by atoms with Crippen molar-refractivity contribution < 1.29 is 14.3 Å². The van der Waals surface area contributed by atoms with E-state index in [1.165, 1.54) is 6.92 Å². The molecule has 0 fully saturated rings. The molecule has 116 valence electrons. The summed E-state index contributed by atoms with van der Waals surface area (Å²) in [7, 11) is 0.